The predicted octanol–water partition coefficient (Wildman–Crippen LogP) is 2.06. The SMILES string of the molecule is COc1cc(NS(C)=O)c(OC)cc1Cl. The van der Waals surface area contributed by atoms with Crippen LogP contribution in [0, 0.1) is 0 Å². The van der Waals surface area contributed by atoms with Gasteiger partial charge in [0.05, 0.1) is 24.9 Å². The molecule has 1 unspecified atom stereocenters. The molecule has 0 saturated heterocycles. The Hall–Kier alpha value is -0.940. The van der Waals surface area contributed by atoms with Crippen LogP contribution >= 0.6 is 11.6 Å². The summed E-state index contributed by atoms with van der Waals surface area (Å²) in [5.74, 6) is 1.03. The summed E-state index contributed by atoms with van der Waals surface area (Å²) in [5.41, 5.74) is 0.583. The van der Waals surface area contributed by atoms with Crippen molar-refractivity contribution in [3.63, 3.8) is 0 Å². The van der Waals surface area contributed by atoms with Crippen molar-refractivity contribution in [1.29, 1.82) is 0 Å². The van der Waals surface area contributed by atoms with Crippen LogP contribution in [-0.2, 0) is 11.0 Å². The third-order valence-corrected chi connectivity index (χ3v) is 2.53. The van der Waals surface area contributed by atoms with Gasteiger partial charge in [-0.25, -0.2) is 4.21 Å². The number of rotatable bonds is 4. The van der Waals surface area contributed by atoms with E-state index in [2.05, 4.69) is 4.72 Å². The van der Waals surface area contributed by atoms with Crippen LogP contribution in [0.5, 0.6) is 11.5 Å². The van der Waals surface area contributed by atoms with E-state index in [9.17, 15) is 4.21 Å². The van der Waals surface area contributed by atoms with Crippen molar-refractivity contribution in [3.8, 4) is 11.5 Å². The second-order valence-electron chi connectivity index (χ2n) is 2.74. The lowest BCUT2D eigenvalue weighted by molar-refractivity contribution is 0.405. The molecule has 1 atom stereocenters. The molecule has 0 radical (unpaired) electrons. The zero-order chi connectivity index (χ0) is 11.4. The summed E-state index contributed by atoms with van der Waals surface area (Å²) in [6.07, 6.45) is 1.53. The second kappa shape index (κ2) is 5.23. The highest BCUT2D eigenvalue weighted by atomic mass is 35.5. The number of halogens is 1. The van der Waals surface area contributed by atoms with Gasteiger partial charge in [-0.3, -0.25) is 0 Å². The van der Waals surface area contributed by atoms with E-state index in [1.165, 1.54) is 20.5 Å². The molecule has 0 aromatic heterocycles. The fourth-order valence-electron chi connectivity index (χ4n) is 1.10. The van der Waals surface area contributed by atoms with Crippen molar-refractivity contribution in [1.82, 2.24) is 0 Å². The van der Waals surface area contributed by atoms with Crippen molar-refractivity contribution in [3.05, 3.63) is 17.2 Å². The van der Waals surface area contributed by atoms with E-state index in [4.69, 9.17) is 21.1 Å². The molecule has 0 fully saturated rings. The van der Waals surface area contributed by atoms with E-state index < -0.39 is 11.0 Å². The van der Waals surface area contributed by atoms with Crippen molar-refractivity contribution in [2.24, 2.45) is 0 Å². The molecule has 0 saturated carbocycles. The van der Waals surface area contributed by atoms with E-state index in [-0.39, 0.29) is 0 Å². The highest BCUT2D eigenvalue weighted by Gasteiger charge is 2.10. The monoisotopic (exact) mass is 249 g/mol. The van der Waals surface area contributed by atoms with Crippen LogP contribution in [0.25, 0.3) is 0 Å². The molecule has 1 aromatic carbocycles. The van der Waals surface area contributed by atoms with Gasteiger partial charge in [0, 0.05) is 18.4 Å². The molecule has 6 heteroatoms. The Kier molecular flexibility index (Phi) is 4.23. The van der Waals surface area contributed by atoms with Crippen molar-refractivity contribution >= 4 is 28.3 Å². The number of methoxy groups -OCH3 is 2. The maximum atomic E-state index is 11.0. The summed E-state index contributed by atoms with van der Waals surface area (Å²) in [5, 5.41) is 0.446. The van der Waals surface area contributed by atoms with Crippen LogP contribution in [0.3, 0.4) is 0 Å². The van der Waals surface area contributed by atoms with Crippen molar-refractivity contribution in [2.75, 3.05) is 25.2 Å². The minimum absolute atomic E-state index is 0.446. The predicted molar refractivity (Wildman–Crippen MR) is 62.2 cm³/mol. The Morgan fingerprint density at radius 1 is 1.27 bits per heavy atom. The highest BCUT2D eigenvalue weighted by molar-refractivity contribution is 7.85. The molecule has 0 aliphatic carbocycles. The van der Waals surface area contributed by atoms with Crippen molar-refractivity contribution < 1.29 is 13.7 Å². The second-order valence-corrected chi connectivity index (χ2v) is 4.26. The molecule has 0 bridgehead atoms. The molecule has 1 aromatic rings. The Morgan fingerprint density at radius 3 is 2.33 bits per heavy atom. The average Bonchev–Trinajstić information content (AvgIpc) is 2.19. The lowest BCUT2D eigenvalue weighted by Crippen LogP contribution is -2.03. The van der Waals surface area contributed by atoms with Gasteiger partial charge < -0.3 is 14.2 Å². The number of hydrogen-bond acceptors (Lipinski definition) is 3. The molecule has 0 aliphatic heterocycles. The van der Waals surface area contributed by atoms with E-state index in [1.807, 2.05) is 0 Å². The minimum Gasteiger partial charge on any atom is -0.495 e. The van der Waals surface area contributed by atoms with Gasteiger partial charge in [-0.15, -0.1) is 0 Å². The summed E-state index contributed by atoms with van der Waals surface area (Å²) in [6.45, 7) is 0. The third kappa shape index (κ3) is 3.00. The maximum Gasteiger partial charge on any atom is 0.144 e. The minimum atomic E-state index is -1.17. The zero-order valence-electron chi connectivity index (χ0n) is 8.67. The largest absolute Gasteiger partial charge is 0.495 e. The van der Waals surface area contributed by atoms with Gasteiger partial charge in [-0.05, 0) is 0 Å². The van der Waals surface area contributed by atoms with Crippen LogP contribution in [0.15, 0.2) is 12.1 Å². The van der Waals surface area contributed by atoms with Gasteiger partial charge in [0.15, 0.2) is 0 Å². The Labute approximate surface area is 96.1 Å². The Morgan fingerprint density at radius 2 is 1.87 bits per heavy atom. The van der Waals surface area contributed by atoms with Crippen LogP contribution in [0.4, 0.5) is 5.69 Å². The number of hydrogen-bond donors (Lipinski definition) is 1. The van der Waals surface area contributed by atoms with Gasteiger partial charge in [0.25, 0.3) is 0 Å². The van der Waals surface area contributed by atoms with Gasteiger partial charge in [-0.2, -0.15) is 0 Å². The standard InChI is InChI=1S/C9H12ClNO3S/c1-13-8-5-7(11-15(3)12)9(14-2)4-6(8)10/h4-5,11H,1-3H3. The molecular formula is C9H12ClNO3S. The molecule has 1 N–H and O–H groups in total. The summed E-state index contributed by atoms with van der Waals surface area (Å²) in [6, 6.07) is 3.25. The molecular weight excluding hydrogens is 238 g/mol. The topological polar surface area (TPSA) is 47.6 Å². The lowest BCUT2D eigenvalue weighted by atomic mass is 10.3. The van der Waals surface area contributed by atoms with Crippen LogP contribution in [0.2, 0.25) is 5.02 Å². The average molecular weight is 250 g/mol. The first-order valence-electron chi connectivity index (χ1n) is 4.10. The van der Waals surface area contributed by atoms with Crippen molar-refractivity contribution in [2.45, 2.75) is 0 Å². The maximum absolute atomic E-state index is 11.0. The summed E-state index contributed by atoms with van der Waals surface area (Å²) in [7, 11) is 1.86. The van der Waals surface area contributed by atoms with E-state index in [1.54, 1.807) is 12.1 Å². The zero-order valence-corrected chi connectivity index (χ0v) is 10.2. The fraction of sp³-hybridized carbons (Fsp3) is 0.333. The molecule has 0 aliphatic rings. The first-order valence-corrected chi connectivity index (χ1v) is 6.03. The number of benzene rings is 1. The summed E-state index contributed by atoms with van der Waals surface area (Å²) < 4.78 is 23.9. The third-order valence-electron chi connectivity index (χ3n) is 1.73. The smallest absolute Gasteiger partial charge is 0.144 e. The Balaban J connectivity index is 3.16. The first kappa shape index (κ1) is 12.1. The highest BCUT2D eigenvalue weighted by Crippen LogP contribution is 2.35. The first-order chi connectivity index (χ1) is 7.08. The van der Waals surface area contributed by atoms with Gasteiger partial charge in [0.1, 0.15) is 22.5 Å². The molecule has 0 amide bonds. The quantitative estimate of drug-likeness (QED) is 0.889. The van der Waals surface area contributed by atoms with Crippen LogP contribution < -0.4 is 14.2 Å². The van der Waals surface area contributed by atoms with E-state index >= 15 is 0 Å². The van der Waals surface area contributed by atoms with Gasteiger partial charge >= 0.3 is 0 Å². The Bertz CT molecular complexity index is 384. The van der Waals surface area contributed by atoms with Crippen LogP contribution in [0.1, 0.15) is 0 Å². The molecule has 84 valence electrons. The molecule has 1 rings (SSSR count). The molecule has 0 heterocycles. The molecule has 4 nitrogen and oxygen atoms in total. The number of ether oxygens (including phenoxy) is 2. The summed E-state index contributed by atoms with van der Waals surface area (Å²) >= 11 is 5.91. The van der Waals surface area contributed by atoms with E-state index in [0.717, 1.165) is 0 Å². The normalized spacial score (nSPS) is 12.0. The molecule has 15 heavy (non-hydrogen) atoms. The fourth-order valence-corrected chi connectivity index (χ4v) is 1.80. The number of nitrogens with one attached hydrogen (secondary N) is 1. The lowest BCUT2D eigenvalue weighted by Gasteiger charge is -2.12. The molecule has 0 spiro atoms. The van der Waals surface area contributed by atoms with Crippen LogP contribution in [-0.4, -0.2) is 24.7 Å². The van der Waals surface area contributed by atoms with Gasteiger partial charge in [-0.1, -0.05) is 11.6 Å². The van der Waals surface area contributed by atoms with E-state index in [0.29, 0.717) is 22.2 Å². The van der Waals surface area contributed by atoms with Gasteiger partial charge in [0.2, 0.25) is 0 Å². The summed E-state index contributed by atoms with van der Waals surface area (Å²) in [4.78, 5) is 0. The number of anilines is 1.